The van der Waals surface area contributed by atoms with Crippen LogP contribution in [0.4, 0.5) is 0 Å². The van der Waals surface area contributed by atoms with E-state index in [0.717, 1.165) is 17.9 Å². The van der Waals surface area contributed by atoms with E-state index in [1.54, 1.807) is 12.1 Å². The lowest BCUT2D eigenvalue weighted by Gasteiger charge is -2.28. The highest BCUT2D eigenvalue weighted by Crippen LogP contribution is 2.36. The molecule has 3 nitrogen and oxygen atoms in total. The molecule has 0 bridgehead atoms. The Morgan fingerprint density at radius 3 is 2.83 bits per heavy atom. The fourth-order valence-corrected chi connectivity index (χ4v) is 3.07. The van der Waals surface area contributed by atoms with E-state index in [1.165, 1.54) is 25.7 Å². The maximum atomic E-state index is 10.0. The molecule has 96 valence electrons. The van der Waals surface area contributed by atoms with Crippen molar-refractivity contribution in [3.8, 4) is 5.75 Å². The van der Waals surface area contributed by atoms with Gasteiger partial charge >= 0.3 is 0 Å². The van der Waals surface area contributed by atoms with E-state index in [2.05, 4.69) is 10.2 Å². The molecule has 0 unspecified atom stereocenters. The fraction of sp³-hybridized carbons (Fsp3) is 0.429. The second kappa shape index (κ2) is 4.73. The average molecular weight is 265 g/mol. The van der Waals surface area contributed by atoms with Crippen LogP contribution in [-0.4, -0.2) is 22.7 Å². The molecule has 1 aliphatic carbocycles. The van der Waals surface area contributed by atoms with E-state index in [1.807, 2.05) is 12.3 Å². The van der Waals surface area contributed by atoms with E-state index in [-0.39, 0.29) is 5.75 Å². The summed E-state index contributed by atoms with van der Waals surface area (Å²) in [5, 5.41) is 13.9. The van der Waals surface area contributed by atoms with E-state index in [4.69, 9.17) is 11.6 Å². The van der Waals surface area contributed by atoms with Crippen LogP contribution in [0.25, 0.3) is 5.70 Å². The molecule has 2 aliphatic rings. The van der Waals surface area contributed by atoms with Gasteiger partial charge in [-0.1, -0.05) is 24.4 Å². The molecule has 2 N–H and O–H groups in total. The molecular weight excluding hydrogens is 248 g/mol. The van der Waals surface area contributed by atoms with Crippen molar-refractivity contribution in [2.75, 3.05) is 6.67 Å². The quantitative estimate of drug-likeness (QED) is 0.861. The zero-order chi connectivity index (χ0) is 12.5. The van der Waals surface area contributed by atoms with Gasteiger partial charge in [0.15, 0.2) is 0 Å². The van der Waals surface area contributed by atoms with Crippen LogP contribution in [0.2, 0.25) is 5.02 Å². The molecule has 0 atom stereocenters. The molecule has 18 heavy (non-hydrogen) atoms. The highest BCUT2D eigenvalue weighted by Gasteiger charge is 2.28. The van der Waals surface area contributed by atoms with E-state index < -0.39 is 0 Å². The third kappa shape index (κ3) is 2.03. The minimum absolute atomic E-state index is 0.289. The summed E-state index contributed by atoms with van der Waals surface area (Å²) in [5.74, 6) is 0.289. The first-order valence-electron chi connectivity index (χ1n) is 6.45. The van der Waals surface area contributed by atoms with Gasteiger partial charge in [-0.25, -0.2) is 0 Å². The summed E-state index contributed by atoms with van der Waals surface area (Å²) < 4.78 is 0. The molecule has 0 spiro atoms. The van der Waals surface area contributed by atoms with Crippen LogP contribution >= 0.6 is 11.6 Å². The fourth-order valence-electron chi connectivity index (χ4n) is 2.90. The smallest absolute Gasteiger partial charge is 0.125 e. The molecule has 3 rings (SSSR count). The lowest BCUT2D eigenvalue weighted by atomic mass is 10.1. The summed E-state index contributed by atoms with van der Waals surface area (Å²) in [5.41, 5.74) is 1.88. The Bertz CT molecular complexity index is 481. The highest BCUT2D eigenvalue weighted by molar-refractivity contribution is 6.30. The first-order valence-corrected chi connectivity index (χ1v) is 6.82. The van der Waals surface area contributed by atoms with Crippen molar-refractivity contribution >= 4 is 17.3 Å². The standard InChI is InChI=1S/C14H17ClN2O/c15-10-5-6-14(18)12(7-10)13-8-16-9-17(13)11-3-1-2-4-11/h5-8,11,16,18H,1-4,9H2. The Labute approximate surface area is 112 Å². The number of halogens is 1. The van der Waals surface area contributed by atoms with Gasteiger partial charge in [0.25, 0.3) is 0 Å². The summed E-state index contributed by atoms with van der Waals surface area (Å²) in [4.78, 5) is 2.35. The summed E-state index contributed by atoms with van der Waals surface area (Å²) in [6.45, 7) is 0.825. The maximum absolute atomic E-state index is 10.0. The number of benzene rings is 1. The molecule has 1 heterocycles. The number of nitrogens with zero attached hydrogens (tertiary/aromatic N) is 1. The van der Waals surface area contributed by atoms with Crippen LogP contribution in [0.1, 0.15) is 31.2 Å². The topological polar surface area (TPSA) is 35.5 Å². The van der Waals surface area contributed by atoms with Crippen molar-refractivity contribution < 1.29 is 5.11 Å². The largest absolute Gasteiger partial charge is 0.507 e. The highest BCUT2D eigenvalue weighted by atomic mass is 35.5. The SMILES string of the molecule is Oc1ccc(Cl)cc1C1=CNCN1C1CCCC1. The number of nitrogens with one attached hydrogen (secondary N) is 1. The Morgan fingerprint density at radius 1 is 1.28 bits per heavy atom. The Morgan fingerprint density at radius 2 is 2.06 bits per heavy atom. The predicted octanol–water partition coefficient (Wildman–Crippen LogP) is 3.15. The monoisotopic (exact) mass is 264 g/mol. The summed E-state index contributed by atoms with van der Waals surface area (Å²) in [7, 11) is 0. The van der Waals surface area contributed by atoms with Crippen molar-refractivity contribution in [1.82, 2.24) is 10.2 Å². The number of hydrogen-bond acceptors (Lipinski definition) is 3. The molecular formula is C14H17ClN2O. The number of hydrogen-bond donors (Lipinski definition) is 2. The third-order valence-electron chi connectivity index (χ3n) is 3.81. The molecule has 1 fully saturated rings. The van der Waals surface area contributed by atoms with Gasteiger partial charge in [-0.15, -0.1) is 0 Å². The Hall–Kier alpha value is -1.35. The minimum atomic E-state index is 0.289. The van der Waals surface area contributed by atoms with Crippen LogP contribution in [0.5, 0.6) is 5.75 Å². The van der Waals surface area contributed by atoms with Crippen LogP contribution in [0.3, 0.4) is 0 Å². The van der Waals surface area contributed by atoms with Crippen molar-refractivity contribution in [2.24, 2.45) is 0 Å². The summed E-state index contributed by atoms with van der Waals surface area (Å²) in [6.07, 6.45) is 7.05. The molecule has 1 aromatic carbocycles. The molecule has 1 aliphatic heterocycles. The predicted molar refractivity (Wildman–Crippen MR) is 73.2 cm³/mol. The second-order valence-corrected chi connectivity index (χ2v) is 5.40. The van der Waals surface area contributed by atoms with Gasteiger partial charge in [0.1, 0.15) is 5.75 Å². The number of phenols is 1. The van der Waals surface area contributed by atoms with Crippen LogP contribution in [0, 0.1) is 0 Å². The molecule has 0 aromatic heterocycles. The zero-order valence-electron chi connectivity index (χ0n) is 10.2. The second-order valence-electron chi connectivity index (χ2n) is 4.96. The lowest BCUT2D eigenvalue weighted by molar-refractivity contribution is 0.305. The van der Waals surface area contributed by atoms with Gasteiger partial charge in [0.05, 0.1) is 12.4 Å². The minimum Gasteiger partial charge on any atom is -0.507 e. The maximum Gasteiger partial charge on any atom is 0.125 e. The molecule has 0 amide bonds. The molecule has 1 saturated carbocycles. The average Bonchev–Trinajstić information content (AvgIpc) is 3.00. The van der Waals surface area contributed by atoms with Crippen LogP contribution in [-0.2, 0) is 0 Å². The van der Waals surface area contributed by atoms with E-state index >= 15 is 0 Å². The first kappa shape index (κ1) is 11.7. The van der Waals surface area contributed by atoms with Crippen molar-refractivity contribution in [2.45, 2.75) is 31.7 Å². The van der Waals surface area contributed by atoms with E-state index in [0.29, 0.717) is 11.1 Å². The van der Waals surface area contributed by atoms with Crippen LogP contribution < -0.4 is 5.32 Å². The van der Waals surface area contributed by atoms with Gasteiger partial charge in [0, 0.05) is 22.8 Å². The molecule has 0 saturated heterocycles. The lowest BCUT2D eigenvalue weighted by Crippen LogP contribution is -2.32. The molecule has 0 radical (unpaired) electrons. The summed E-state index contributed by atoms with van der Waals surface area (Å²) >= 11 is 6.03. The number of rotatable bonds is 2. The van der Waals surface area contributed by atoms with Gasteiger partial charge in [0.2, 0.25) is 0 Å². The summed E-state index contributed by atoms with van der Waals surface area (Å²) in [6, 6.07) is 5.79. The third-order valence-corrected chi connectivity index (χ3v) is 4.04. The number of phenolic OH excluding ortho intramolecular Hbond substituents is 1. The Balaban J connectivity index is 1.92. The first-order chi connectivity index (χ1) is 8.75. The van der Waals surface area contributed by atoms with Crippen molar-refractivity contribution in [1.29, 1.82) is 0 Å². The van der Waals surface area contributed by atoms with Gasteiger partial charge in [-0.05, 0) is 31.0 Å². The Kier molecular flexibility index (Phi) is 3.08. The zero-order valence-corrected chi connectivity index (χ0v) is 11.0. The van der Waals surface area contributed by atoms with Gasteiger partial charge in [-0.3, -0.25) is 0 Å². The van der Waals surface area contributed by atoms with Crippen molar-refractivity contribution in [3.05, 3.63) is 35.0 Å². The molecule has 4 heteroatoms. The van der Waals surface area contributed by atoms with E-state index in [9.17, 15) is 5.11 Å². The van der Waals surface area contributed by atoms with Crippen molar-refractivity contribution in [3.63, 3.8) is 0 Å². The van der Waals surface area contributed by atoms with Crippen LogP contribution in [0.15, 0.2) is 24.4 Å². The molecule has 1 aromatic rings. The number of aromatic hydroxyl groups is 1. The normalized spacial score (nSPS) is 20.1. The van der Waals surface area contributed by atoms with Gasteiger partial charge < -0.3 is 15.3 Å². The van der Waals surface area contributed by atoms with Gasteiger partial charge in [-0.2, -0.15) is 0 Å².